The molecule has 1 aromatic rings. The molecular formula is C16H17NO5S2. The highest BCUT2D eigenvalue weighted by Crippen LogP contribution is 2.34. The summed E-state index contributed by atoms with van der Waals surface area (Å²) in [6, 6.07) is 6.90. The van der Waals surface area contributed by atoms with Gasteiger partial charge in [0.1, 0.15) is 10.1 Å². The van der Waals surface area contributed by atoms with Gasteiger partial charge in [0, 0.05) is 5.56 Å². The summed E-state index contributed by atoms with van der Waals surface area (Å²) < 4.78 is 5.94. The highest BCUT2D eigenvalue weighted by atomic mass is 32.2. The zero-order valence-corrected chi connectivity index (χ0v) is 14.6. The SMILES string of the molecule is CCC(Oc1ccccc1/C=C1\SC(=S)N(CCO)C1=O)C(=O)O. The van der Waals surface area contributed by atoms with Gasteiger partial charge in [0.05, 0.1) is 18.1 Å². The van der Waals surface area contributed by atoms with Gasteiger partial charge < -0.3 is 14.9 Å². The summed E-state index contributed by atoms with van der Waals surface area (Å²) >= 11 is 6.28. The van der Waals surface area contributed by atoms with Gasteiger partial charge in [-0.2, -0.15) is 0 Å². The lowest BCUT2D eigenvalue weighted by molar-refractivity contribution is -0.145. The lowest BCUT2D eigenvalue weighted by Crippen LogP contribution is -2.30. The fraction of sp³-hybridized carbons (Fsp3) is 0.312. The van der Waals surface area contributed by atoms with Crippen molar-refractivity contribution >= 4 is 46.3 Å². The van der Waals surface area contributed by atoms with Crippen molar-refractivity contribution in [3.05, 3.63) is 34.7 Å². The second-order valence-corrected chi connectivity index (χ2v) is 6.62. The first-order valence-electron chi connectivity index (χ1n) is 7.32. The molecule has 0 aliphatic carbocycles. The number of aliphatic carboxylic acids is 1. The number of aliphatic hydroxyl groups is 1. The number of carbonyl (C=O) groups excluding carboxylic acids is 1. The Morgan fingerprint density at radius 3 is 2.79 bits per heavy atom. The number of thioether (sulfide) groups is 1. The number of thiocarbonyl (C=S) groups is 1. The molecule has 1 amide bonds. The van der Waals surface area contributed by atoms with E-state index in [-0.39, 0.29) is 19.1 Å². The Morgan fingerprint density at radius 1 is 1.46 bits per heavy atom. The number of carboxylic acid groups (broad SMARTS) is 1. The van der Waals surface area contributed by atoms with E-state index in [9.17, 15) is 9.59 Å². The molecule has 128 valence electrons. The molecule has 1 saturated heterocycles. The average molecular weight is 367 g/mol. The van der Waals surface area contributed by atoms with Crippen molar-refractivity contribution in [2.75, 3.05) is 13.2 Å². The molecule has 1 unspecified atom stereocenters. The monoisotopic (exact) mass is 367 g/mol. The van der Waals surface area contributed by atoms with Crippen LogP contribution >= 0.6 is 24.0 Å². The number of ether oxygens (including phenoxy) is 1. The van der Waals surface area contributed by atoms with Crippen molar-refractivity contribution in [3.63, 3.8) is 0 Å². The maximum atomic E-state index is 12.3. The Balaban J connectivity index is 2.29. The fourth-order valence-electron chi connectivity index (χ4n) is 2.10. The number of benzene rings is 1. The van der Waals surface area contributed by atoms with Crippen molar-refractivity contribution in [1.82, 2.24) is 4.90 Å². The highest BCUT2D eigenvalue weighted by molar-refractivity contribution is 8.26. The molecule has 2 N–H and O–H groups in total. The standard InChI is InChI=1S/C16H17NO5S2/c1-2-11(15(20)21)22-12-6-4-3-5-10(12)9-13-14(19)17(7-8-18)16(23)24-13/h3-6,9,11,18H,2,7-8H2,1H3,(H,20,21)/b13-9-. The summed E-state index contributed by atoms with van der Waals surface area (Å²) in [5.41, 5.74) is 0.599. The van der Waals surface area contributed by atoms with Crippen molar-refractivity contribution < 1.29 is 24.5 Å². The van der Waals surface area contributed by atoms with E-state index in [0.717, 1.165) is 11.8 Å². The van der Waals surface area contributed by atoms with Crippen molar-refractivity contribution in [2.24, 2.45) is 0 Å². The van der Waals surface area contributed by atoms with Gasteiger partial charge >= 0.3 is 5.97 Å². The van der Waals surface area contributed by atoms with E-state index in [0.29, 0.717) is 27.0 Å². The van der Waals surface area contributed by atoms with E-state index in [4.69, 9.17) is 27.2 Å². The van der Waals surface area contributed by atoms with Crippen LogP contribution in [0.3, 0.4) is 0 Å². The molecule has 0 saturated carbocycles. The first-order chi connectivity index (χ1) is 11.5. The van der Waals surface area contributed by atoms with Gasteiger partial charge in [-0.1, -0.05) is 49.1 Å². The predicted octanol–water partition coefficient (Wildman–Crippen LogP) is 2.12. The maximum absolute atomic E-state index is 12.3. The quantitative estimate of drug-likeness (QED) is 0.564. The molecule has 8 heteroatoms. The zero-order valence-electron chi connectivity index (χ0n) is 13.0. The number of para-hydroxylation sites is 1. The van der Waals surface area contributed by atoms with E-state index < -0.39 is 12.1 Å². The van der Waals surface area contributed by atoms with Gasteiger partial charge in [-0.05, 0) is 18.6 Å². The first kappa shape index (κ1) is 18.4. The van der Waals surface area contributed by atoms with E-state index in [2.05, 4.69) is 0 Å². The number of aliphatic hydroxyl groups excluding tert-OH is 1. The van der Waals surface area contributed by atoms with Crippen LogP contribution in [0.4, 0.5) is 0 Å². The molecule has 24 heavy (non-hydrogen) atoms. The topological polar surface area (TPSA) is 87.1 Å². The largest absolute Gasteiger partial charge is 0.479 e. The smallest absolute Gasteiger partial charge is 0.344 e. The van der Waals surface area contributed by atoms with E-state index in [1.165, 1.54) is 4.90 Å². The Hall–Kier alpha value is -1.90. The lowest BCUT2D eigenvalue weighted by atomic mass is 10.1. The number of amides is 1. The highest BCUT2D eigenvalue weighted by Gasteiger charge is 2.31. The summed E-state index contributed by atoms with van der Waals surface area (Å²) in [6.45, 7) is 1.70. The maximum Gasteiger partial charge on any atom is 0.344 e. The molecule has 0 radical (unpaired) electrons. The van der Waals surface area contributed by atoms with Crippen LogP contribution in [0.25, 0.3) is 6.08 Å². The first-order valence-corrected chi connectivity index (χ1v) is 8.55. The van der Waals surface area contributed by atoms with Gasteiger partial charge in [-0.25, -0.2) is 4.79 Å². The third kappa shape index (κ3) is 4.14. The van der Waals surface area contributed by atoms with Gasteiger partial charge in [0.2, 0.25) is 0 Å². The van der Waals surface area contributed by atoms with Gasteiger partial charge in [0.15, 0.2) is 6.10 Å². The molecule has 1 fully saturated rings. The van der Waals surface area contributed by atoms with Gasteiger partial charge in [-0.15, -0.1) is 0 Å². The van der Waals surface area contributed by atoms with Crippen LogP contribution in [0.15, 0.2) is 29.2 Å². The van der Waals surface area contributed by atoms with Crippen LogP contribution in [0.1, 0.15) is 18.9 Å². The average Bonchev–Trinajstić information content (AvgIpc) is 2.81. The lowest BCUT2D eigenvalue weighted by Gasteiger charge is -2.15. The zero-order chi connectivity index (χ0) is 17.7. The molecule has 1 atom stereocenters. The molecule has 1 aliphatic heterocycles. The Labute approximate surface area is 149 Å². The van der Waals surface area contributed by atoms with E-state index in [1.807, 2.05) is 0 Å². The van der Waals surface area contributed by atoms with Crippen LogP contribution < -0.4 is 4.74 Å². The van der Waals surface area contributed by atoms with Crippen LogP contribution in [-0.2, 0) is 9.59 Å². The molecule has 6 nitrogen and oxygen atoms in total. The third-order valence-electron chi connectivity index (χ3n) is 3.32. The summed E-state index contributed by atoms with van der Waals surface area (Å²) in [7, 11) is 0. The summed E-state index contributed by atoms with van der Waals surface area (Å²) in [4.78, 5) is 25.2. The molecule has 1 aliphatic rings. The molecule has 0 bridgehead atoms. The molecule has 1 aromatic carbocycles. The summed E-state index contributed by atoms with van der Waals surface area (Å²) in [5, 5.41) is 18.1. The minimum Gasteiger partial charge on any atom is -0.479 e. The predicted molar refractivity (Wildman–Crippen MR) is 95.7 cm³/mol. The Kier molecular flexibility index (Phi) is 6.36. The second kappa shape index (κ2) is 8.27. The third-order valence-corrected chi connectivity index (χ3v) is 4.70. The van der Waals surface area contributed by atoms with Crippen molar-refractivity contribution in [2.45, 2.75) is 19.4 Å². The summed E-state index contributed by atoms with van der Waals surface area (Å²) in [6.07, 6.45) is 0.992. The molecule has 0 spiro atoms. The number of β-amino-alcohol motifs (C(OH)–C–C–N with tert-alkyl or cyclic N) is 1. The van der Waals surface area contributed by atoms with Crippen LogP contribution in [0.2, 0.25) is 0 Å². The Bertz CT molecular complexity index is 689. The fourth-order valence-corrected chi connectivity index (χ4v) is 3.40. The minimum absolute atomic E-state index is 0.150. The van der Waals surface area contributed by atoms with Crippen LogP contribution in [0.5, 0.6) is 5.75 Å². The van der Waals surface area contributed by atoms with Gasteiger partial charge in [-0.3, -0.25) is 9.69 Å². The Morgan fingerprint density at radius 2 is 2.17 bits per heavy atom. The van der Waals surface area contributed by atoms with E-state index in [1.54, 1.807) is 37.3 Å². The summed E-state index contributed by atoms with van der Waals surface area (Å²) in [5.74, 6) is -0.931. The van der Waals surface area contributed by atoms with Crippen LogP contribution in [0, 0.1) is 0 Å². The van der Waals surface area contributed by atoms with Gasteiger partial charge in [0.25, 0.3) is 5.91 Å². The number of carbonyl (C=O) groups is 2. The number of hydrogen-bond acceptors (Lipinski definition) is 6. The van der Waals surface area contributed by atoms with Crippen molar-refractivity contribution in [1.29, 1.82) is 0 Å². The number of carboxylic acids is 1. The molecular weight excluding hydrogens is 350 g/mol. The molecule has 2 rings (SSSR count). The normalized spacial score (nSPS) is 17.4. The number of nitrogens with zero attached hydrogens (tertiary/aromatic N) is 1. The molecule has 0 aromatic heterocycles. The second-order valence-electron chi connectivity index (χ2n) is 4.95. The minimum atomic E-state index is -1.04. The van der Waals surface area contributed by atoms with Crippen molar-refractivity contribution in [3.8, 4) is 5.75 Å². The number of hydrogen-bond donors (Lipinski definition) is 2. The number of rotatable bonds is 7. The molecule has 1 heterocycles. The van der Waals surface area contributed by atoms with Crippen LogP contribution in [-0.4, -0.2) is 50.6 Å². The van der Waals surface area contributed by atoms with E-state index >= 15 is 0 Å².